The number of nitrogens with zero attached hydrogens (tertiary/aromatic N) is 6. The van der Waals surface area contributed by atoms with Crippen LogP contribution in [0, 0.1) is 0 Å². The molecular formula is C126H72N6O9. The summed E-state index contributed by atoms with van der Waals surface area (Å²) in [5.74, 6) is 9.73. The largest absolute Gasteiger partial charge is 0.456 e. The van der Waals surface area contributed by atoms with Crippen LogP contribution in [0.5, 0.6) is 69.0 Å². The van der Waals surface area contributed by atoms with Gasteiger partial charge in [0.15, 0.2) is 69.0 Å². The number of fused-ring (bicyclic) bond motifs is 12. The lowest BCUT2D eigenvalue weighted by molar-refractivity contribution is 0.443. The average molecular weight is 1810 g/mol. The van der Waals surface area contributed by atoms with Gasteiger partial charge in [0.1, 0.15) is 50.6 Å². The molecule has 27 aromatic rings. The van der Waals surface area contributed by atoms with Crippen LogP contribution in [-0.4, -0.2) is 13.7 Å². The summed E-state index contributed by atoms with van der Waals surface area (Å²) in [7, 11) is 0. The highest BCUT2D eigenvalue weighted by atomic mass is 16.5. The van der Waals surface area contributed by atoms with Crippen molar-refractivity contribution in [3.8, 4) is 119 Å². The van der Waals surface area contributed by atoms with E-state index < -0.39 is 0 Å². The fourth-order valence-corrected chi connectivity index (χ4v) is 22.7. The average Bonchev–Trinajstić information content (AvgIpc) is 1.54. The molecule has 21 aromatic carbocycles. The normalized spacial score (nSPS) is 12.6. The van der Waals surface area contributed by atoms with Gasteiger partial charge in [0, 0.05) is 93.8 Å². The van der Waals surface area contributed by atoms with Gasteiger partial charge in [-0.3, -0.25) is 13.7 Å². The van der Waals surface area contributed by atoms with Crippen LogP contribution < -0.4 is 43.1 Å². The van der Waals surface area contributed by atoms with Gasteiger partial charge in [-0.1, -0.05) is 243 Å². The van der Waals surface area contributed by atoms with E-state index in [2.05, 4.69) is 362 Å². The van der Waals surface area contributed by atoms with Crippen molar-refractivity contribution in [3.63, 3.8) is 0 Å². The van der Waals surface area contributed by atoms with Crippen molar-refractivity contribution in [1.82, 2.24) is 13.7 Å². The Hall–Kier alpha value is -19.4. The molecule has 0 amide bonds. The molecule has 33 rings (SSSR count). The molecule has 141 heavy (non-hydrogen) atoms. The lowest BCUT2D eigenvalue weighted by Crippen LogP contribution is -2.12. The summed E-state index contributed by atoms with van der Waals surface area (Å²) in [4.78, 5) is 7.09. The minimum Gasteiger partial charge on any atom is -0.456 e. The third-order valence-electron chi connectivity index (χ3n) is 28.6. The van der Waals surface area contributed by atoms with Gasteiger partial charge < -0.3 is 56.4 Å². The van der Waals surface area contributed by atoms with Crippen LogP contribution >= 0.6 is 0 Å². The standard InChI is InChI=1S/3C42H24N2O3/c1-2-10-25(11-3-1)26-12-6-13-27(24-26)43(30-16-8-18-33-38(30)28-14-4-5-17-32(28)45-33)31-22-23-37-42-39(31)29-15-7-19-34-40(29)44(42)41-35(46-34)20-9-21-36(41)47-37;1-2-9-25(10-3-1)26-11-6-12-27(23-26)43(28-19-21-34-31(24-28)29-13-4-5-15-33(29)45-34)32-20-22-38-42-39(32)30-14-7-16-35-40(30)44(42)41-36(46-35)17-8-18-37(41)47-38;1-2-9-25(10-3-1)26-11-6-12-27(23-26)43(28-19-20-30-29-13-4-5-15-33(29)45-38(30)24-28)32-21-22-37-42-39(32)31-14-7-16-34-40(31)44(42)41-35(46-34)17-8-18-36(41)47-37/h3*1-24H. The molecule has 0 fully saturated rings. The smallest absolute Gasteiger partial charge is 0.155 e. The Labute approximate surface area is 803 Å². The number of aromatic nitrogens is 3. The first-order chi connectivity index (χ1) is 69.9. The number of benzene rings is 21. The first-order valence-corrected chi connectivity index (χ1v) is 47.3. The SMILES string of the molecule is c1ccc(-c2cccc(N(c3ccc4c(c3)oc3ccccc34)c3ccc4c5c3c3cccc6c3n5-c3c(cccc3O4)O6)c2)cc1.c1ccc(-c2cccc(N(c3ccc4oc5ccccc5c4c3)c3ccc4c5c3c3cccc6c3n5-c3c(cccc3O4)O6)c2)cc1.c1ccc(-c2cccc(N(c3cccc4oc5ccccc5c34)c3ccc4c5c3c3cccc6c3n5-c3c(cccc3O4)O6)c2)cc1. The van der Waals surface area contributed by atoms with E-state index in [1.54, 1.807) is 0 Å². The molecule has 0 atom stereocenters. The number of furan rings is 3. The van der Waals surface area contributed by atoms with Gasteiger partial charge in [-0.2, -0.15) is 0 Å². The molecule has 0 aliphatic carbocycles. The van der Waals surface area contributed by atoms with E-state index in [-0.39, 0.29) is 0 Å². The Morgan fingerprint density at radius 1 is 0.149 bits per heavy atom. The van der Waals surface area contributed by atoms with Gasteiger partial charge in [0.25, 0.3) is 0 Å². The minimum absolute atomic E-state index is 0.790. The molecule has 0 N–H and O–H groups in total. The molecule has 0 bridgehead atoms. The molecule has 15 heteroatoms. The molecule has 12 heterocycles. The van der Waals surface area contributed by atoms with Crippen LogP contribution in [0.3, 0.4) is 0 Å². The summed E-state index contributed by atoms with van der Waals surface area (Å²) in [6.07, 6.45) is 0. The van der Waals surface area contributed by atoms with Crippen LogP contribution in [0.25, 0.3) is 182 Å². The number of hydrogen-bond acceptors (Lipinski definition) is 12. The van der Waals surface area contributed by atoms with E-state index in [1.807, 2.05) is 103 Å². The second kappa shape index (κ2) is 29.6. The predicted octanol–water partition coefficient (Wildman–Crippen LogP) is 36.1. The zero-order valence-corrected chi connectivity index (χ0v) is 74.9. The maximum absolute atomic E-state index is 6.59. The minimum atomic E-state index is 0.790. The second-order valence-electron chi connectivity index (χ2n) is 36.4. The highest BCUT2D eigenvalue weighted by molar-refractivity contribution is 6.26. The molecule has 0 saturated carbocycles. The van der Waals surface area contributed by atoms with Gasteiger partial charge in [-0.25, -0.2) is 0 Å². The monoisotopic (exact) mass is 1810 g/mol. The predicted molar refractivity (Wildman–Crippen MR) is 565 cm³/mol. The zero-order chi connectivity index (χ0) is 91.9. The lowest BCUT2D eigenvalue weighted by Gasteiger charge is -2.29. The highest BCUT2D eigenvalue weighted by Gasteiger charge is 2.40. The molecule has 660 valence electrons. The van der Waals surface area contributed by atoms with Crippen LogP contribution in [-0.2, 0) is 0 Å². The van der Waals surface area contributed by atoms with Crippen molar-refractivity contribution in [3.05, 3.63) is 437 Å². The van der Waals surface area contributed by atoms with E-state index in [4.69, 9.17) is 41.7 Å². The number of rotatable bonds is 12. The van der Waals surface area contributed by atoms with Gasteiger partial charge in [-0.05, 0) is 221 Å². The molecule has 6 aromatic heterocycles. The number of anilines is 9. The van der Waals surface area contributed by atoms with Crippen molar-refractivity contribution in [2.45, 2.75) is 0 Å². The quantitative estimate of drug-likeness (QED) is 0.116. The Balaban J connectivity index is 0.0000000972. The molecule has 15 nitrogen and oxygen atoms in total. The third kappa shape index (κ3) is 11.4. The van der Waals surface area contributed by atoms with E-state index in [9.17, 15) is 0 Å². The number of hydrogen-bond donors (Lipinski definition) is 0. The van der Waals surface area contributed by atoms with E-state index in [1.165, 1.54) is 11.1 Å². The highest BCUT2D eigenvalue weighted by Crippen LogP contribution is 2.63. The molecule has 0 unspecified atom stereocenters. The Morgan fingerprint density at radius 2 is 0.433 bits per heavy atom. The van der Waals surface area contributed by atoms with Crippen LogP contribution in [0.2, 0.25) is 0 Å². The molecule has 0 spiro atoms. The molecule has 0 radical (unpaired) electrons. The summed E-state index contributed by atoms with van der Waals surface area (Å²) < 4.78 is 65.2. The van der Waals surface area contributed by atoms with E-state index >= 15 is 0 Å². The fraction of sp³-hybridized carbons (Fsp3) is 0. The fourth-order valence-electron chi connectivity index (χ4n) is 22.7. The Bertz CT molecular complexity index is 10000. The van der Waals surface area contributed by atoms with Gasteiger partial charge in [-0.15, -0.1) is 0 Å². The molecular weight excluding hydrogens is 1740 g/mol. The van der Waals surface area contributed by atoms with Gasteiger partial charge in [0.05, 0.1) is 61.2 Å². The van der Waals surface area contributed by atoms with Crippen molar-refractivity contribution in [1.29, 1.82) is 0 Å². The van der Waals surface area contributed by atoms with Crippen molar-refractivity contribution in [2.75, 3.05) is 14.7 Å². The first kappa shape index (κ1) is 77.0. The third-order valence-corrected chi connectivity index (χ3v) is 28.6. The van der Waals surface area contributed by atoms with Crippen molar-refractivity contribution in [2.24, 2.45) is 0 Å². The molecule has 6 aliphatic rings. The summed E-state index contributed by atoms with van der Waals surface area (Å²) in [6, 6.07) is 152. The maximum atomic E-state index is 6.59. The maximum Gasteiger partial charge on any atom is 0.155 e. The van der Waals surface area contributed by atoms with E-state index in [0.29, 0.717) is 0 Å². The summed E-state index contributed by atoms with van der Waals surface area (Å²) in [5, 5.41) is 13.1. The van der Waals surface area contributed by atoms with Gasteiger partial charge >= 0.3 is 0 Å². The summed E-state index contributed by atoms with van der Waals surface area (Å²) in [6.45, 7) is 0. The summed E-state index contributed by atoms with van der Waals surface area (Å²) in [5.41, 5.74) is 30.5. The van der Waals surface area contributed by atoms with Crippen LogP contribution in [0.4, 0.5) is 51.2 Å². The van der Waals surface area contributed by atoms with Crippen LogP contribution in [0.15, 0.2) is 450 Å². The van der Waals surface area contributed by atoms with Gasteiger partial charge in [0.2, 0.25) is 0 Å². The second-order valence-corrected chi connectivity index (χ2v) is 36.4. The molecule has 0 saturated heterocycles. The zero-order valence-electron chi connectivity index (χ0n) is 74.9. The lowest BCUT2D eigenvalue weighted by atomic mass is 10.0. The van der Waals surface area contributed by atoms with Crippen molar-refractivity contribution < 1.29 is 41.7 Å². The number of para-hydroxylation sites is 9. The molecule has 6 aliphatic heterocycles. The summed E-state index contributed by atoms with van der Waals surface area (Å²) >= 11 is 0. The van der Waals surface area contributed by atoms with E-state index in [0.717, 1.165) is 291 Å². The number of ether oxygens (including phenoxy) is 6. The first-order valence-electron chi connectivity index (χ1n) is 47.3. The van der Waals surface area contributed by atoms with Crippen LogP contribution in [0.1, 0.15) is 0 Å². The Morgan fingerprint density at radius 3 is 0.879 bits per heavy atom. The Kier molecular flexibility index (Phi) is 16.1. The van der Waals surface area contributed by atoms with Crippen molar-refractivity contribution >= 4 is 182 Å². The topological polar surface area (TPSA) is 119 Å².